The summed E-state index contributed by atoms with van der Waals surface area (Å²) in [6.07, 6.45) is 2.83. The second-order valence-corrected chi connectivity index (χ2v) is 4.52. The highest BCUT2D eigenvalue weighted by Crippen LogP contribution is 2.47. The van der Waals surface area contributed by atoms with Gasteiger partial charge >= 0.3 is 11.9 Å². The Hall–Kier alpha value is -1.06. The summed E-state index contributed by atoms with van der Waals surface area (Å²) in [6.45, 7) is 2.88. The van der Waals surface area contributed by atoms with E-state index in [4.69, 9.17) is 9.47 Å². The molecule has 15 heavy (non-hydrogen) atoms. The van der Waals surface area contributed by atoms with Crippen LogP contribution in [0, 0.1) is 11.8 Å². The standard InChI is InChI=1S/C11H16O4/c1-6(12)14-10-4-9-3-8(10)5-11(9)15-7(2)13/h8-11H,3-5H2,1-2H3/t8-,9-,10+,11+/m1/s1. The third kappa shape index (κ3) is 2.13. The highest BCUT2D eigenvalue weighted by molar-refractivity contribution is 5.66. The summed E-state index contributed by atoms with van der Waals surface area (Å²) in [5.74, 6) is 0.361. The maximum Gasteiger partial charge on any atom is 0.302 e. The molecular weight excluding hydrogens is 196 g/mol. The van der Waals surface area contributed by atoms with Crippen LogP contribution in [-0.2, 0) is 19.1 Å². The van der Waals surface area contributed by atoms with Crippen molar-refractivity contribution in [2.24, 2.45) is 11.8 Å². The van der Waals surface area contributed by atoms with E-state index in [1.54, 1.807) is 0 Å². The van der Waals surface area contributed by atoms with E-state index < -0.39 is 0 Å². The van der Waals surface area contributed by atoms with Gasteiger partial charge < -0.3 is 9.47 Å². The molecular formula is C11H16O4. The van der Waals surface area contributed by atoms with E-state index in [2.05, 4.69) is 0 Å². The zero-order valence-corrected chi connectivity index (χ0v) is 9.06. The molecule has 0 aliphatic heterocycles. The van der Waals surface area contributed by atoms with Crippen LogP contribution in [0.5, 0.6) is 0 Å². The Balaban J connectivity index is 1.88. The maximum atomic E-state index is 10.8. The molecule has 2 aliphatic carbocycles. The highest BCUT2D eigenvalue weighted by Gasteiger charge is 2.48. The lowest BCUT2D eigenvalue weighted by atomic mass is 9.95. The first kappa shape index (κ1) is 10.5. The van der Waals surface area contributed by atoms with Crippen molar-refractivity contribution >= 4 is 11.9 Å². The molecule has 0 N–H and O–H groups in total. The van der Waals surface area contributed by atoms with Crippen LogP contribution in [0.2, 0.25) is 0 Å². The van der Waals surface area contributed by atoms with Gasteiger partial charge in [-0.3, -0.25) is 9.59 Å². The van der Waals surface area contributed by atoms with E-state index in [9.17, 15) is 9.59 Å². The lowest BCUT2D eigenvalue weighted by Gasteiger charge is -2.26. The molecule has 0 amide bonds. The van der Waals surface area contributed by atoms with Crippen LogP contribution in [0.4, 0.5) is 0 Å². The van der Waals surface area contributed by atoms with E-state index in [0.717, 1.165) is 19.3 Å². The largest absolute Gasteiger partial charge is 0.462 e. The van der Waals surface area contributed by atoms with Crippen LogP contribution in [0.25, 0.3) is 0 Å². The number of ether oxygens (including phenoxy) is 2. The zero-order chi connectivity index (χ0) is 11.0. The third-order valence-corrected chi connectivity index (χ3v) is 3.36. The molecule has 4 atom stereocenters. The van der Waals surface area contributed by atoms with Gasteiger partial charge in [-0.25, -0.2) is 0 Å². The van der Waals surface area contributed by atoms with E-state index in [1.807, 2.05) is 0 Å². The van der Waals surface area contributed by atoms with Gasteiger partial charge in [0, 0.05) is 13.8 Å². The second-order valence-electron chi connectivity index (χ2n) is 4.52. The Kier molecular flexibility index (Phi) is 2.67. The molecule has 0 aromatic rings. The zero-order valence-electron chi connectivity index (χ0n) is 9.06. The fraction of sp³-hybridized carbons (Fsp3) is 0.818. The molecule has 2 fully saturated rings. The highest BCUT2D eigenvalue weighted by atomic mass is 16.6. The molecule has 0 saturated heterocycles. The van der Waals surface area contributed by atoms with Gasteiger partial charge in [0.1, 0.15) is 12.2 Å². The molecule has 2 aliphatic rings. The Morgan fingerprint density at radius 3 is 1.53 bits per heavy atom. The SMILES string of the molecule is CC(=O)O[C@H]1C[C@H]2C[C@@H]1C[C@@H]2OC(C)=O. The smallest absolute Gasteiger partial charge is 0.302 e. The van der Waals surface area contributed by atoms with Crippen molar-refractivity contribution in [3.63, 3.8) is 0 Å². The first-order valence-corrected chi connectivity index (χ1v) is 5.40. The van der Waals surface area contributed by atoms with Crippen molar-refractivity contribution in [1.82, 2.24) is 0 Å². The molecule has 0 radical (unpaired) electrons. The van der Waals surface area contributed by atoms with Crippen molar-refractivity contribution < 1.29 is 19.1 Å². The number of carbonyl (C=O) groups excluding carboxylic acids is 2. The van der Waals surface area contributed by atoms with E-state index in [-0.39, 0.29) is 24.1 Å². The molecule has 2 bridgehead atoms. The number of esters is 2. The summed E-state index contributed by atoms with van der Waals surface area (Å²) in [6, 6.07) is 0. The van der Waals surface area contributed by atoms with Crippen LogP contribution < -0.4 is 0 Å². The first-order chi connectivity index (χ1) is 7.06. The van der Waals surface area contributed by atoms with Crippen LogP contribution in [0.15, 0.2) is 0 Å². The monoisotopic (exact) mass is 212 g/mol. The molecule has 0 spiro atoms. The molecule has 4 heteroatoms. The average molecular weight is 212 g/mol. The molecule has 2 saturated carbocycles. The minimum absolute atomic E-state index is 0.0549. The number of fused-ring (bicyclic) bond motifs is 2. The van der Waals surface area contributed by atoms with Gasteiger partial charge in [0.05, 0.1) is 0 Å². The summed E-state index contributed by atoms with van der Waals surface area (Å²) in [4.78, 5) is 21.7. The summed E-state index contributed by atoms with van der Waals surface area (Å²) in [7, 11) is 0. The summed E-state index contributed by atoms with van der Waals surface area (Å²) >= 11 is 0. The number of hydrogen-bond acceptors (Lipinski definition) is 4. The fourth-order valence-corrected chi connectivity index (χ4v) is 2.89. The van der Waals surface area contributed by atoms with Gasteiger partial charge in [-0.05, 0) is 31.1 Å². The average Bonchev–Trinajstić information content (AvgIpc) is 2.60. The van der Waals surface area contributed by atoms with Gasteiger partial charge in [-0.1, -0.05) is 0 Å². The van der Waals surface area contributed by atoms with E-state index in [1.165, 1.54) is 13.8 Å². The molecule has 0 aromatic heterocycles. The first-order valence-electron chi connectivity index (χ1n) is 5.40. The minimum atomic E-state index is -0.211. The van der Waals surface area contributed by atoms with Crippen LogP contribution in [-0.4, -0.2) is 24.1 Å². The Labute approximate surface area is 88.9 Å². The Bertz CT molecular complexity index is 258. The lowest BCUT2D eigenvalue weighted by molar-refractivity contribution is -0.156. The minimum Gasteiger partial charge on any atom is -0.462 e. The van der Waals surface area contributed by atoms with Crippen LogP contribution in [0.3, 0.4) is 0 Å². The summed E-state index contributed by atoms with van der Waals surface area (Å²) < 4.78 is 10.4. The third-order valence-electron chi connectivity index (χ3n) is 3.36. The van der Waals surface area contributed by atoms with Crippen LogP contribution in [0.1, 0.15) is 33.1 Å². The molecule has 2 rings (SSSR count). The predicted molar refractivity (Wildman–Crippen MR) is 51.9 cm³/mol. The topological polar surface area (TPSA) is 52.6 Å². The molecule has 0 aromatic carbocycles. The van der Waals surface area contributed by atoms with Crippen molar-refractivity contribution in [3.05, 3.63) is 0 Å². The molecule has 84 valence electrons. The van der Waals surface area contributed by atoms with Gasteiger partial charge in [0.25, 0.3) is 0 Å². The van der Waals surface area contributed by atoms with Crippen LogP contribution >= 0.6 is 0 Å². The Morgan fingerprint density at radius 2 is 1.27 bits per heavy atom. The quantitative estimate of drug-likeness (QED) is 0.647. The molecule has 0 unspecified atom stereocenters. The molecule has 4 nitrogen and oxygen atoms in total. The predicted octanol–water partition coefficient (Wildman–Crippen LogP) is 1.28. The maximum absolute atomic E-state index is 10.8. The van der Waals surface area contributed by atoms with E-state index >= 15 is 0 Å². The fourth-order valence-electron chi connectivity index (χ4n) is 2.89. The van der Waals surface area contributed by atoms with Gasteiger partial charge in [0.2, 0.25) is 0 Å². The summed E-state index contributed by atoms with van der Waals surface area (Å²) in [5.41, 5.74) is 0. The number of rotatable bonds is 2. The van der Waals surface area contributed by atoms with Crippen molar-refractivity contribution in [2.75, 3.05) is 0 Å². The van der Waals surface area contributed by atoms with Crippen molar-refractivity contribution in [3.8, 4) is 0 Å². The van der Waals surface area contributed by atoms with Gasteiger partial charge in [0.15, 0.2) is 0 Å². The summed E-state index contributed by atoms with van der Waals surface area (Å²) in [5, 5.41) is 0. The number of hydrogen-bond donors (Lipinski definition) is 0. The van der Waals surface area contributed by atoms with E-state index in [0.29, 0.717) is 11.8 Å². The van der Waals surface area contributed by atoms with Gasteiger partial charge in [-0.2, -0.15) is 0 Å². The van der Waals surface area contributed by atoms with Crippen molar-refractivity contribution in [2.45, 2.75) is 45.3 Å². The second kappa shape index (κ2) is 3.83. The van der Waals surface area contributed by atoms with Gasteiger partial charge in [-0.15, -0.1) is 0 Å². The lowest BCUT2D eigenvalue weighted by Crippen LogP contribution is -2.31. The number of carbonyl (C=O) groups is 2. The normalized spacial score (nSPS) is 37.7. The Morgan fingerprint density at radius 1 is 0.867 bits per heavy atom. The molecule has 0 heterocycles. The van der Waals surface area contributed by atoms with Crippen molar-refractivity contribution in [1.29, 1.82) is 0 Å².